The molecule has 7 nitrogen and oxygen atoms in total. The Balaban J connectivity index is 1.32. The highest BCUT2D eigenvalue weighted by Gasteiger charge is 2.14. The van der Waals surface area contributed by atoms with Gasteiger partial charge in [-0.2, -0.15) is 5.10 Å². The van der Waals surface area contributed by atoms with Crippen LogP contribution in [0.5, 0.6) is 0 Å². The lowest BCUT2D eigenvalue weighted by molar-refractivity contribution is 0.251. The van der Waals surface area contributed by atoms with Crippen molar-refractivity contribution in [1.29, 1.82) is 0 Å². The normalized spacial score (nSPS) is 11.4. The molecule has 0 bridgehead atoms. The van der Waals surface area contributed by atoms with Gasteiger partial charge in [-0.05, 0) is 60.5 Å². The second-order valence-electron chi connectivity index (χ2n) is 8.64. The molecule has 8 heteroatoms. The fourth-order valence-electron chi connectivity index (χ4n) is 4.47. The molecule has 0 aliphatic rings. The van der Waals surface area contributed by atoms with E-state index in [1.54, 1.807) is 12.3 Å². The van der Waals surface area contributed by atoms with Gasteiger partial charge in [0, 0.05) is 22.0 Å². The zero-order chi connectivity index (χ0) is 24.6. The number of furan rings is 1. The lowest BCUT2D eigenvalue weighted by atomic mass is 10.0. The van der Waals surface area contributed by atoms with Crippen LogP contribution < -0.4 is 5.32 Å². The average molecular weight is 480 g/mol. The maximum Gasteiger partial charge on any atom is 0.141 e. The van der Waals surface area contributed by atoms with Crippen LogP contribution in [0.2, 0.25) is 0 Å². The van der Waals surface area contributed by atoms with Gasteiger partial charge < -0.3 is 14.8 Å². The molecular formula is C28H22FN5O2. The van der Waals surface area contributed by atoms with Crippen molar-refractivity contribution in [2.24, 2.45) is 0 Å². The lowest BCUT2D eigenvalue weighted by Gasteiger charge is -2.13. The maximum absolute atomic E-state index is 13.6. The summed E-state index contributed by atoms with van der Waals surface area (Å²) in [5, 5.41) is 19.2. The summed E-state index contributed by atoms with van der Waals surface area (Å²) in [6.45, 7) is 2.27. The van der Waals surface area contributed by atoms with Crippen LogP contribution in [0.15, 0.2) is 83.7 Å². The predicted octanol–water partition coefficient (Wildman–Crippen LogP) is 5.97. The topological polar surface area (TPSA) is 89.0 Å². The number of anilines is 2. The van der Waals surface area contributed by atoms with E-state index in [-0.39, 0.29) is 12.4 Å². The van der Waals surface area contributed by atoms with Crippen LogP contribution in [-0.4, -0.2) is 24.9 Å². The summed E-state index contributed by atoms with van der Waals surface area (Å²) < 4.78 is 21.2. The van der Waals surface area contributed by atoms with E-state index in [9.17, 15) is 9.50 Å². The van der Waals surface area contributed by atoms with Gasteiger partial charge in [0.15, 0.2) is 0 Å². The van der Waals surface area contributed by atoms with E-state index in [0.717, 1.165) is 44.4 Å². The Bertz CT molecular complexity index is 1720. The van der Waals surface area contributed by atoms with E-state index < -0.39 is 0 Å². The number of hydrogen-bond acceptors (Lipinski definition) is 6. The third-order valence-corrected chi connectivity index (χ3v) is 6.18. The minimum absolute atomic E-state index is 0.147. The van der Waals surface area contributed by atoms with Gasteiger partial charge in [-0.25, -0.2) is 14.4 Å². The predicted molar refractivity (Wildman–Crippen MR) is 136 cm³/mol. The number of aliphatic hydroxyl groups is 1. The minimum Gasteiger partial charge on any atom is -0.459 e. The van der Waals surface area contributed by atoms with Crippen LogP contribution in [0.4, 0.5) is 15.9 Å². The number of nitrogens with one attached hydrogen (secondary N) is 1. The van der Waals surface area contributed by atoms with E-state index in [1.807, 2.05) is 60.1 Å². The van der Waals surface area contributed by atoms with E-state index in [2.05, 4.69) is 20.4 Å². The SMILES string of the molecule is Cc1ncnc(Nc2ccc3c(cnn3Cc3cccc(F)c3)c2)c1-c1ccc2cc(CO)oc2c1. The Hall–Kier alpha value is -4.56. The highest BCUT2D eigenvalue weighted by atomic mass is 19.1. The molecule has 0 saturated heterocycles. The third-order valence-electron chi connectivity index (χ3n) is 6.18. The Morgan fingerprint density at radius 3 is 2.78 bits per heavy atom. The van der Waals surface area contributed by atoms with Gasteiger partial charge >= 0.3 is 0 Å². The lowest BCUT2D eigenvalue weighted by Crippen LogP contribution is -2.02. The highest BCUT2D eigenvalue weighted by molar-refractivity contribution is 5.89. The monoisotopic (exact) mass is 479 g/mol. The Morgan fingerprint density at radius 1 is 1.00 bits per heavy atom. The molecule has 0 atom stereocenters. The van der Waals surface area contributed by atoms with Gasteiger partial charge in [0.2, 0.25) is 0 Å². The molecule has 3 heterocycles. The van der Waals surface area contributed by atoms with Crippen molar-refractivity contribution < 1.29 is 13.9 Å². The minimum atomic E-state index is -0.258. The second kappa shape index (κ2) is 8.90. The van der Waals surface area contributed by atoms with Crippen LogP contribution in [0.25, 0.3) is 33.0 Å². The number of aliphatic hydroxyl groups excluding tert-OH is 1. The van der Waals surface area contributed by atoms with Gasteiger partial charge in [-0.3, -0.25) is 4.68 Å². The summed E-state index contributed by atoms with van der Waals surface area (Å²) in [7, 11) is 0. The van der Waals surface area contributed by atoms with Crippen LogP contribution in [0.1, 0.15) is 17.0 Å². The fourth-order valence-corrected chi connectivity index (χ4v) is 4.47. The first-order valence-electron chi connectivity index (χ1n) is 11.5. The first-order valence-corrected chi connectivity index (χ1v) is 11.5. The van der Waals surface area contributed by atoms with Gasteiger partial charge in [0.05, 0.1) is 24.0 Å². The number of hydrogen-bond donors (Lipinski definition) is 2. The number of rotatable bonds is 6. The molecule has 6 rings (SSSR count). The summed E-state index contributed by atoms with van der Waals surface area (Å²) in [6.07, 6.45) is 3.33. The van der Waals surface area contributed by atoms with Crippen LogP contribution in [-0.2, 0) is 13.2 Å². The summed E-state index contributed by atoms with van der Waals surface area (Å²) in [5.41, 5.74) is 5.94. The first-order chi connectivity index (χ1) is 17.6. The molecule has 178 valence electrons. The molecule has 6 aromatic rings. The quantitative estimate of drug-likeness (QED) is 0.306. The van der Waals surface area contributed by atoms with Gasteiger partial charge in [-0.1, -0.05) is 24.3 Å². The molecule has 0 radical (unpaired) electrons. The standard InChI is InChI=1S/C28H22FN5O2/c1-17-27(20-6-5-19-11-24(15-35)36-26(19)12-20)28(31-16-30-17)33-23-7-8-25-21(10-23)13-32-34(25)14-18-3-2-4-22(29)9-18/h2-13,16,35H,14-15H2,1H3,(H,30,31,33). The molecule has 2 N–H and O–H groups in total. The number of halogens is 1. The first kappa shape index (κ1) is 21.9. The number of aromatic nitrogens is 4. The van der Waals surface area contributed by atoms with Crippen molar-refractivity contribution in [2.45, 2.75) is 20.1 Å². The summed E-state index contributed by atoms with van der Waals surface area (Å²) >= 11 is 0. The van der Waals surface area contributed by atoms with Crippen molar-refractivity contribution in [3.8, 4) is 11.1 Å². The van der Waals surface area contributed by atoms with E-state index in [1.165, 1.54) is 18.5 Å². The Kier molecular flexibility index (Phi) is 5.42. The maximum atomic E-state index is 13.6. The molecule has 0 spiro atoms. The van der Waals surface area contributed by atoms with E-state index in [4.69, 9.17) is 4.42 Å². The molecule has 3 aromatic carbocycles. The van der Waals surface area contributed by atoms with Crippen LogP contribution in [0, 0.1) is 12.7 Å². The number of aryl methyl sites for hydroxylation is 1. The fraction of sp³-hybridized carbons (Fsp3) is 0.107. The van der Waals surface area contributed by atoms with Crippen molar-refractivity contribution in [2.75, 3.05) is 5.32 Å². The van der Waals surface area contributed by atoms with Gasteiger partial charge in [0.25, 0.3) is 0 Å². The van der Waals surface area contributed by atoms with Crippen LogP contribution >= 0.6 is 0 Å². The number of fused-ring (bicyclic) bond motifs is 2. The smallest absolute Gasteiger partial charge is 0.141 e. The highest BCUT2D eigenvalue weighted by Crippen LogP contribution is 2.34. The molecule has 0 aliphatic heterocycles. The van der Waals surface area contributed by atoms with Crippen LogP contribution in [0.3, 0.4) is 0 Å². The molecule has 0 amide bonds. The molecule has 3 aromatic heterocycles. The number of benzene rings is 3. The zero-order valence-electron chi connectivity index (χ0n) is 19.4. The largest absolute Gasteiger partial charge is 0.459 e. The summed E-state index contributed by atoms with van der Waals surface area (Å²) in [4.78, 5) is 8.91. The van der Waals surface area contributed by atoms with Gasteiger partial charge in [0.1, 0.15) is 35.9 Å². The summed E-state index contributed by atoms with van der Waals surface area (Å²) in [6, 6.07) is 20.2. The molecular weight excluding hydrogens is 457 g/mol. The molecule has 0 saturated carbocycles. The van der Waals surface area contributed by atoms with E-state index >= 15 is 0 Å². The summed E-state index contributed by atoms with van der Waals surface area (Å²) in [5.74, 6) is 0.932. The molecule has 0 fully saturated rings. The second-order valence-corrected chi connectivity index (χ2v) is 8.64. The van der Waals surface area contributed by atoms with Crippen molar-refractivity contribution in [3.05, 3.63) is 102 Å². The zero-order valence-corrected chi connectivity index (χ0v) is 19.4. The Labute approximate surface area is 205 Å². The molecule has 0 aliphatic carbocycles. The van der Waals surface area contributed by atoms with Gasteiger partial charge in [-0.15, -0.1) is 0 Å². The van der Waals surface area contributed by atoms with Crippen molar-refractivity contribution >= 4 is 33.4 Å². The third kappa shape index (κ3) is 4.08. The van der Waals surface area contributed by atoms with E-state index in [0.29, 0.717) is 23.7 Å². The molecule has 36 heavy (non-hydrogen) atoms. The Morgan fingerprint density at radius 2 is 1.92 bits per heavy atom. The van der Waals surface area contributed by atoms with Crippen molar-refractivity contribution in [3.63, 3.8) is 0 Å². The van der Waals surface area contributed by atoms with Crippen molar-refractivity contribution in [1.82, 2.24) is 19.7 Å². The molecule has 0 unspecified atom stereocenters. The number of nitrogens with zero attached hydrogens (tertiary/aromatic N) is 4. The average Bonchev–Trinajstić information content (AvgIpc) is 3.47.